The normalized spacial score (nSPS) is 15.3. The third kappa shape index (κ3) is 9.07. The van der Waals surface area contributed by atoms with Gasteiger partial charge >= 0.3 is 5.97 Å². The third-order valence-electron chi connectivity index (χ3n) is 7.11. The van der Waals surface area contributed by atoms with Gasteiger partial charge in [-0.2, -0.15) is 0 Å². The van der Waals surface area contributed by atoms with Crippen LogP contribution in [-0.2, 0) is 25.6 Å². The predicted octanol–water partition coefficient (Wildman–Crippen LogP) is 1.41. The number of aliphatic carboxylic acids is 1. The summed E-state index contributed by atoms with van der Waals surface area (Å²) in [7, 11) is 0. The molecule has 1 heterocycles. The molecule has 0 saturated carbocycles. The van der Waals surface area contributed by atoms with Crippen LogP contribution in [0.5, 0.6) is 0 Å². The summed E-state index contributed by atoms with van der Waals surface area (Å²) in [6, 6.07) is 3.67. The number of nitrogens with one attached hydrogen (secondary N) is 4. The van der Waals surface area contributed by atoms with Gasteiger partial charge in [0.25, 0.3) is 0 Å². The highest BCUT2D eigenvalue weighted by atomic mass is 16.4. The van der Waals surface area contributed by atoms with Crippen molar-refractivity contribution in [3.8, 4) is 0 Å². The number of hydrogen-bond acceptors (Lipinski definition) is 6. The molecule has 5 atom stereocenters. The van der Waals surface area contributed by atoms with E-state index in [1.54, 1.807) is 13.1 Å². The van der Waals surface area contributed by atoms with E-state index in [-0.39, 0.29) is 24.7 Å². The molecule has 0 saturated heterocycles. The number of benzene rings is 1. The average molecular weight is 545 g/mol. The largest absolute Gasteiger partial charge is 0.480 e. The minimum absolute atomic E-state index is 0.148. The highest BCUT2D eigenvalue weighted by Gasteiger charge is 2.32. The lowest BCUT2D eigenvalue weighted by Crippen LogP contribution is -2.58. The molecule has 216 valence electrons. The van der Waals surface area contributed by atoms with Crippen LogP contribution in [0.1, 0.15) is 58.9 Å². The van der Waals surface area contributed by atoms with Crippen LogP contribution < -0.4 is 27.4 Å². The molecule has 1 aromatic heterocycles. The number of aromatic amines is 1. The number of carbonyl (C=O) groups excluding carboxylic acids is 3. The first-order chi connectivity index (χ1) is 18.5. The number of rotatable bonds is 16. The van der Waals surface area contributed by atoms with Gasteiger partial charge in [0.1, 0.15) is 18.1 Å². The molecule has 0 radical (unpaired) electrons. The van der Waals surface area contributed by atoms with Crippen LogP contribution in [0.15, 0.2) is 30.5 Å². The topological polar surface area (TPSA) is 192 Å². The molecule has 0 bridgehead atoms. The van der Waals surface area contributed by atoms with Gasteiger partial charge in [0, 0.05) is 23.5 Å². The van der Waals surface area contributed by atoms with Gasteiger partial charge in [-0.1, -0.05) is 52.3 Å². The average Bonchev–Trinajstić information content (AvgIpc) is 3.32. The van der Waals surface area contributed by atoms with E-state index >= 15 is 0 Å². The second-order valence-corrected chi connectivity index (χ2v) is 10.5. The number of carboxylic acid groups (broad SMARTS) is 1. The Morgan fingerprint density at radius 2 is 1.59 bits per heavy atom. The zero-order valence-electron chi connectivity index (χ0n) is 23.3. The molecular formula is C28H44N6O5. The molecule has 1 aromatic carbocycles. The van der Waals surface area contributed by atoms with Crippen molar-refractivity contribution >= 4 is 34.6 Å². The number of carboxylic acids is 1. The van der Waals surface area contributed by atoms with Crippen LogP contribution in [0.2, 0.25) is 0 Å². The van der Waals surface area contributed by atoms with Crippen LogP contribution in [0, 0.1) is 11.8 Å². The SMILES string of the molecule is CCC(C)C(NC(=O)C(CCCCN)NC(=O)C(Cc1c[nH]c2ccccc12)NC(=O)C(N)C(C)C)C(=O)O. The zero-order valence-corrected chi connectivity index (χ0v) is 23.3. The van der Waals surface area contributed by atoms with Gasteiger partial charge in [0.15, 0.2) is 0 Å². The van der Waals surface area contributed by atoms with Gasteiger partial charge in [0.2, 0.25) is 17.7 Å². The Hall–Kier alpha value is -3.44. The highest BCUT2D eigenvalue weighted by molar-refractivity contribution is 5.95. The first-order valence-electron chi connectivity index (χ1n) is 13.6. The van der Waals surface area contributed by atoms with Gasteiger partial charge < -0.3 is 37.5 Å². The second-order valence-electron chi connectivity index (χ2n) is 10.5. The summed E-state index contributed by atoms with van der Waals surface area (Å²) in [5.41, 5.74) is 13.4. The predicted molar refractivity (Wildman–Crippen MR) is 151 cm³/mol. The van der Waals surface area contributed by atoms with Crippen LogP contribution in [-0.4, -0.2) is 64.5 Å². The summed E-state index contributed by atoms with van der Waals surface area (Å²) in [5.74, 6) is -3.23. The minimum atomic E-state index is -1.14. The summed E-state index contributed by atoms with van der Waals surface area (Å²) in [4.78, 5) is 54.6. The standard InChI is InChI=1S/C28H44N6O5/c1-5-17(4)24(28(38)39)34-25(35)21(12-8-9-13-29)32-26(36)22(33-27(37)23(30)16(2)3)14-18-15-31-20-11-7-6-10-19(18)20/h6-7,10-11,15-17,21-24,31H,5,8-9,12-14,29-30H2,1-4H3,(H,32,36)(H,33,37)(H,34,35)(H,38,39). The molecule has 0 aliphatic heterocycles. The number of fused-ring (bicyclic) bond motifs is 1. The molecule has 2 aromatic rings. The fourth-order valence-electron chi connectivity index (χ4n) is 4.27. The molecule has 0 spiro atoms. The summed E-state index contributed by atoms with van der Waals surface area (Å²) >= 11 is 0. The Morgan fingerprint density at radius 1 is 0.949 bits per heavy atom. The molecule has 0 fully saturated rings. The number of aromatic nitrogens is 1. The number of hydrogen-bond donors (Lipinski definition) is 7. The number of H-pyrrole nitrogens is 1. The number of carbonyl (C=O) groups is 4. The van der Waals surface area contributed by atoms with Crippen molar-refractivity contribution in [3.05, 3.63) is 36.0 Å². The van der Waals surface area contributed by atoms with E-state index in [2.05, 4.69) is 20.9 Å². The molecule has 39 heavy (non-hydrogen) atoms. The maximum atomic E-state index is 13.6. The van der Waals surface area contributed by atoms with Gasteiger partial charge in [0.05, 0.1) is 6.04 Å². The molecule has 11 nitrogen and oxygen atoms in total. The van der Waals surface area contributed by atoms with E-state index < -0.39 is 47.9 Å². The van der Waals surface area contributed by atoms with Crippen LogP contribution in [0.3, 0.4) is 0 Å². The maximum absolute atomic E-state index is 13.6. The number of unbranched alkanes of at least 4 members (excludes halogenated alkanes) is 1. The van der Waals surface area contributed by atoms with Crippen LogP contribution in [0.25, 0.3) is 10.9 Å². The molecule has 3 amide bonds. The molecule has 0 aliphatic rings. The van der Waals surface area contributed by atoms with Gasteiger partial charge in [-0.25, -0.2) is 4.79 Å². The monoisotopic (exact) mass is 544 g/mol. The quantitative estimate of drug-likeness (QED) is 0.155. The Balaban J connectivity index is 2.31. The van der Waals surface area contributed by atoms with E-state index in [1.165, 1.54) is 0 Å². The van der Waals surface area contributed by atoms with Crippen molar-refractivity contribution in [1.29, 1.82) is 0 Å². The van der Waals surface area contributed by atoms with E-state index in [1.807, 2.05) is 45.0 Å². The minimum Gasteiger partial charge on any atom is -0.480 e. The molecule has 0 aliphatic carbocycles. The fourth-order valence-corrected chi connectivity index (χ4v) is 4.27. The Morgan fingerprint density at radius 3 is 2.21 bits per heavy atom. The summed E-state index contributed by atoms with van der Waals surface area (Å²) in [6.07, 6.45) is 3.94. The van der Waals surface area contributed by atoms with Gasteiger partial charge in [-0.3, -0.25) is 14.4 Å². The second kappa shape index (κ2) is 15.2. The Kier molecular flexibility index (Phi) is 12.4. The lowest BCUT2D eigenvalue weighted by Gasteiger charge is -2.27. The summed E-state index contributed by atoms with van der Waals surface area (Å²) in [5, 5.41) is 18.7. The highest BCUT2D eigenvalue weighted by Crippen LogP contribution is 2.19. The van der Waals surface area contributed by atoms with Crippen molar-refractivity contribution in [2.75, 3.05) is 6.54 Å². The van der Waals surface area contributed by atoms with E-state index in [0.29, 0.717) is 25.8 Å². The first-order valence-corrected chi connectivity index (χ1v) is 13.6. The van der Waals surface area contributed by atoms with E-state index in [9.17, 15) is 24.3 Å². The molecule has 5 unspecified atom stereocenters. The zero-order chi connectivity index (χ0) is 29.1. The third-order valence-corrected chi connectivity index (χ3v) is 7.11. The number of amides is 3. The Labute approximate surface area is 229 Å². The smallest absolute Gasteiger partial charge is 0.326 e. The lowest BCUT2D eigenvalue weighted by molar-refractivity contribution is -0.144. The molecule has 11 heteroatoms. The van der Waals surface area contributed by atoms with Crippen molar-refractivity contribution in [1.82, 2.24) is 20.9 Å². The van der Waals surface area contributed by atoms with Gasteiger partial charge in [-0.05, 0) is 49.3 Å². The van der Waals surface area contributed by atoms with Crippen molar-refractivity contribution in [2.45, 2.75) is 84.0 Å². The van der Waals surface area contributed by atoms with Crippen LogP contribution in [0.4, 0.5) is 0 Å². The number of nitrogens with two attached hydrogens (primary N) is 2. The van der Waals surface area contributed by atoms with Crippen molar-refractivity contribution in [2.24, 2.45) is 23.3 Å². The molecule has 2 rings (SSSR count). The fraction of sp³-hybridized carbons (Fsp3) is 0.571. The van der Waals surface area contributed by atoms with E-state index in [4.69, 9.17) is 11.5 Å². The van der Waals surface area contributed by atoms with E-state index in [0.717, 1.165) is 16.5 Å². The summed E-state index contributed by atoms with van der Waals surface area (Å²) in [6.45, 7) is 7.62. The Bertz CT molecular complexity index is 1120. The van der Waals surface area contributed by atoms with Gasteiger partial charge in [-0.15, -0.1) is 0 Å². The molecule has 9 N–H and O–H groups in total. The summed E-state index contributed by atoms with van der Waals surface area (Å²) < 4.78 is 0. The number of para-hydroxylation sites is 1. The maximum Gasteiger partial charge on any atom is 0.326 e. The van der Waals surface area contributed by atoms with Crippen molar-refractivity contribution in [3.63, 3.8) is 0 Å². The van der Waals surface area contributed by atoms with Crippen molar-refractivity contribution < 1.29 is 24.3 Å². The lowest BCUT2D eigenvalue weighted by atomic mass is 9.98. The van der Waals surface area contributed by atoms with Crippen LogP contribution >= 0.6 is 0 Å². The first kappa shape index (κ1) is 31.8. The molecular weight excluding hydrogens is 500 g/mol.